The third kappa shape index (κ3) is 2.64. The summed E-state index contributed by atoms with van der Waals surface area (Å²) in [5.74, 6) is -0.0520. The molecule has 0 atom stereocenters. The van der Waals surface area contributed by atoms with E-state index in [-0.39, 0.29) is 11.5 Å². The molecule has 1 saturated carbocycles. The molecule has 21 heavy (non-hydrogen) atoms. The van der Waals surface area contributed by atoms with Gasteiger partial charge >= 0.3 is 5.97 Å². The van der Waals surface area contributed by atoms with E-state index < -0.39 is 20.6 Å². The predicted octanol–water partition coefficient (Wildman–Crippen LogP) is 2.34. The normalized spacial score (nSPS) is 17.4. The number of ether oxygens (including phenoxy) is 2. The van der Waals surface area contributed by atoms with Crippen molar-refractivity contribution < 1.29 is 22.7 Å². The molecular weight excluding hydrogens is 292 g/mol. The van der Waals surface area contributed by atoms with Gasteiger partial charge in [0, 0.05) is 0 Å². The fourth-order valence-electron chi connectivity index (χ4n) is 2.77. The van der Waals surface area contributed by atoms with Crippen LogP contribution in [0.1, 0.15) is 32.6 Å². The Hall–Kier alpha value is -1.56. The molecule has 0 aromatic heterocycles. The van der Waals surface area contributed by atoms with Crippen molar-refractivity contribution in [2.45, 2.75) is 42.2 Å². The first-order valence-corrected chi connectivity index (χ1v) is 8.52. The highest BCUT2D eigenvalue weighted by Crippen LogP contribution is 2.41. The zero-order valence-electron chi connectivity index (χ0n) is 12.3. The smallest absolute Gasteiger partial charge is 0.327 e. The van der Waals surface area contributed by atoms with Crippen LogP contribution >= 0.6 is 0 Å². The number of hydrogen-bond donors (Lipinski definition) is 0. The number of rotatable bonds is 5. The van der Waals surface area contributed by atoms with Crippen molar-refractivity contribution in [2.24, 2.45) is 0 Å². The van der Waals surface area contributed by atoms with E-state index in [0.29, 0.717) is 31.4 Å². The van der Waals surface area contributed by atoms with Crippen LogP contribution in [0.2, 0.25) is 0 Å². The van der Waals surface area contributed by atoms with Gasteiger partial charge in [0.15, 0.2) is 14.6 Å². The Kier molecular flexibility index (Phi) is 4.56. The molecule has 6 heteroatoms. The van der Waals surface area contributed by atoms with Crippen LogP contribution in [0.25, 0.3) is 0 Å². The Morgan fingerprint density at radius 1 is 1.19 bits per heavy atom. The molecule has 0 N–H and O–H groups in total. The van der Waals surface area contributed by atoms with Gasteiger partial charge in [0.2, 0.25) is 0 Å². The van der Waals surface area contributed by atoms with Crippen molar-refractivity contribution in [3.05, 3.63) is 24.3 Å². The molecule has 0 heterocycles. The molecule has 1 aliphatic rings. The zero-order chi connectivity index (χ0) is 15.5. The minimum Gasteiger partial charge on any atom is -0.497 e. The highest BCUT2D eigenvalue weighted by Gasteiger charge is 2.54. The van der Waals surface area contributed by atoms with Crippen molar-refractivity contribution in [1.82, 2.24) is 0 Å². The van der Waals surface area contributed by atoms with Crippen LogP contribution in [0, 0.1) is 0 Å². The van der Waals surface area contributed by atoms with Gasteiger partial charge in [0.1, 0.15) is 5.75 Å². The van der Waals surface area contributed by atoms with Crippen molar-refractivity contribution in [3.8, 4) is 5.75 Å². The van der Waals surface area contributed by atoms with E-state index in [4.69, 9.17) is 9.47 Å². The molecule has 0 spiro atoms. The molecule has 2 rings (SSSR count). The van der Waals surface area contributed by atoms with Crippen molar-refractivity contribution >= 4 is 15.8 Å². The molecule has 0 radical (unpaired) electrons. The maximum absolute atomic E-state index is 12.9. The Morgan fingerprint density at radius 3 is 2.24 bits per heavy atom. The van der Waals surface area contributed by atoms with Gasteiger partial charge in [-0.25, -0.2) is 8.42 Å². The van der Waals surface area contributed by atoms with E-state index in [1.807, 2.05) is 0 Å². The fraction of sp³-hybridized carbons (Fsp3) is 0.533. The average molecular weight is 312 g/mol. The Labute approximate surface area is 125 Å². The highest BCUT2D eigenvalue weighted by atomic mass is 32.2. The molecular formula is C15H20O5S. The van der Waals surface area contributed by atoms with E-state index in [9.17, 15) is 13.2 Å². The zero-order valence-corrected chi connectivity index (χ0v) is 13.1. The Bertz CT molecular complexity index is 597. The second-order valence-electron chi connectivity index (χ2n) is 5.10. The molecule has 1 aromatic carbocycles. The van der Waals surface area contributed by atoms with Gasteiger partial charge in [0.05, 0.1) is 18.6 Å². The predicted molar refractivity (Wildman–Crippen MR) is 78.0 cm³/mol. The number of esters is 1. The SMILES string of the molecule is CCOC(=O)C1(S(=O)(=O)c2ccc(OC)cc2)CCCC1. The summed E-state index contributed by atoms with van der Waals surface area (Å²) >= 11 is 0. The molecule has 1 aliphatic carbocycles. The Morgan fingerprint density at radius 2 is 1.76 bits per heavy atom. The van der Waals surface area contributed by atoms with Crippen molar-refractivity contribution in [2.75, 3.05) is 13.7 Å². The second-order valence-corrected chi connectivity index (χ2v) is 7.36. The molecule has 0 unspecified atom stereocenters. The lowest BCUT2D eigenvalue weighted by atomic mass is 10.1. The summed E-state index contributed by atoms with van der Waals surface area (Å²) < 4.78 is 34.5. The summed E-state index contributed by atoms with van der Waals surface area (Å²) in [7, 11) is -2.26. The van der Waals surface area contributed by atoms with E-state index in [2.05, 4.69) is 0 Å². The lowest BCUT2D eigenvalue weighted by Gasteiger charge is -2.26. The third-order valence-electron chi connectivity index (χ3n) is 3.94. The first-order valence-electron chi connectivity index (χ1n) is 7.04. The number of hydrogen-bond acceptors (Lipinski definition) is 5. The standard InChI is InChI=1S/C15H20O5S/c1-3-20-14(16)15(10-4-5-11-15)21(17,18)13-8-6-12(19-2)7-9-13/h6-9H,3-5,10-11H2,1-2H3. The van der Waals surface area contributed by atoms with Gasteiger partial charge < -0.3 is 9.47 Å². The highest BCUT2D eigenvalue weighted by molar-refractivity contribution is 7.93. The molecule has 0 bridgehead atoms. The minimum atomic E-state index is -3.78. The third-order valence-corrected chi connectivity index (χ3v) is 6.44. The largest absolute Gasteiger partial charge is 0.497 e. The molecule has 116 valence electrons. The lowest BCUT2D eigenvalue weighted by molar-refractivity contribution is -0.146. The first kappa shape index (κ1) is 15.8. The van der Waals surface area contributed by atoms with Gasteiger partial charge in [-0.2, -0.15) is 0 Å². The van der Waals surface area contributed by atoms with Crippen LogP contribution in [0.4, 0.5) is 0 Å². The number of methoxy groups -OCH3 is 1. The van der Waals surface area contributed by atoms with E-state index in [1.165, 1.54) is 19.2 Å². The topological polar surface area (TPSA) is 69.7 Å². The summed E-state index contributed by atoms with van der Waals surface area (Å²) in [6.45, 7) is 1.86. The molecule has 0 aliphatic heterocycles. The maximum atomic E-state index is 12.9. The van der Waals surface area contributed by atoms with E-state index in [1.54, 1.807) is 19.1 Å². The number of benzene rings is 1. The lowest BCUT2D eigenvalue weighted by Crippen LogP contribution is -2.45. The van der Waals surface area contributed by atoms with Crippen LogP contribution in [0.3, 0.4) is 0 Å². The van der Waals surface area contributed by atoms with E-state index in [0.717, 1.165) is 0 Å². The summed E-state index contributed by atoms with van der Waals surface area (Å²) in [5.41, 5.74) is 0. The van der Waals surface area contributed by atoms with Gasteiger partial charge in [0.25, 0.3) is 0 Å². The number of sulfone groups is 1. The van der Waals surface area contributed by atoms with Crippen LogP contribution in [-0.2, 0) is 19.4 Å². The molecule has 0 amide bonds. The summed E-state index contributed by atoms with van der Waals surface area (Å²) in [5, 5.41) is 0. The van der Waals surface area contributed by atoms with Crippen LogP contribution < -0.4 is 4.74 Å². The van der Waals surface area contributed by atoms with Crippen LogP contribution in [-0.4, -0.2) is 32.9 Å². The van der Waals surface area contributed by atoms with Gasteiger partial charge in [-0.3, -0.25) is 4.79 Å². The van der Waals surface area contributed by atoms with E-state index >= 15 is 0 Å². The fourth-order valence-corrected chi connectivity index (χ4v) is 4.82. The molecule has 1 aromatic rings. The summed E-state index contributed by atoms with van der Waals surface area (Å²) in [6.07, 6.45) is 2.07. The Balaban J connectivity index is 2.44. The molecule has 5 nitrogen and oxygen atoms in total. The first-order chi connectivity index (χ1) is 9.98. The van der Waals surface area contributed by atoms with Crippen LogP contribution in [0.5, 0.6) is 5.75 Å². The number of carbonyl (C=O) groups excluding carboxylic acids is 1. The molecule has 1 fully saturated rings. The average Bonchev–Trinajstić information content (AvgIpc) is 2.99. The van der Waals surface area contributed by atoms with Crippen molar-refractivity contribution in [3.63, 3.8) is 0 Å². The van der Waals surface area contributed by atoms with Gasteiger partial charge in [-0.1, -0.05) is 12.8 Å². The monoisotopic (exact) mass is 312 g/mol. The second kappa shape index (κ2) is 6.05. The van der Waals surface area contributed by atoms with Gasteiger partial charge in [-0.15, -0.1) is 0 Å². The van der Waals surface area contributed by atoms with Crippen LogP contribution in [0.15, 0.2) is 29.2 Å². The quantitative estimate of drug-likeness (QED) is 0.781. The maximum Gasteiger partial charge on any atom is 0.327 e. The molecule has 0 saturated heterocycles. The van der Waals surface area contributed by atoms with Gasteiger partial charge in [-0.05, 0) is 44.0 Å². The minimum absolute atomic E-state index is 0.137. The number of carbonyl (C=O) groups is 1. The van der Waals surface area contributed by atoms with Crippen molar-refractivity contribution in [1.29, 1.82) is 0 Å². The summed E-state index contributed by atoms with van der Waals surface area (Å²) in [6, 6.07) is 6.13. The summed E-state index contributed by atoms with van der Waals surface area (Å²) in [4.78, 5) is 12.4.